The number of benzene rings is 1. The van der Waals surface area contributed by atoms with E-state index in [0.717, 1.165) is 11.8 Å². The number of nitrogens with zero attached hydrogens (tertiary/aromatic N) is 1. The molecule has 1 aromatic carbocycles. The molecular weight excluding hydrogens is 238 g/mol. The lowest BCUT2D eigenvalue weighted by atomic mass is 10.2. The number of aromatic nitrogens is 1. The molecule has 0 N–H and O–H groups in total. The molecule has 0 saturated heterocycles. The molecule has 0 saturated carbocycles. The Kier molecular flexibility index (Phi) is 3.40. The molecule has 0 radical (unpaired) electrons. The summed E-state index contributed by atoms with van der Waals surface area (Å²) in [5.74, 6) is 1.11. The van der Waals surface area contributed by atoms with Crippen LogP contribution in [-0.4, -0.2) is 11.3 Å². The molecule has 0 unspecified atom stereocenters. The summed E-state index contributed by atoms with van der Waals surface area (Å²) >= 11 is 5.91. The van der Waals surface area contributed by atoms with Gasteiger partial charge >= 0.3 is 0 Å². The number of carbonyl (C=O) groups is 1. The maximum absolute atomic E-state index is 10.5. The average molecular weight is 248 g/mol. The molecule has 0 aliphatic rings. The molecule has 2 rings (SSSR count). The lowest BCUT2D eigenvalue weighted by Gasteiger charge is -2.06. The number of aldehydes is 1. The van der Waals surface area contributed by atoms with Gasteiger partial charge in [-0.25, -0.2) is 4.98 Å². The van der Waals surface area contributed by atoms with E-state index >= 15 is 0 Å². The summed E-state index contributed by atoms with van der Waals surface area (Å²) in [4.78, 5) is 14.5. The number of aryl methyl sites for hydroxylation is 1. The van der Waals surface area contributed by atoms with Crippen molar-refractivity contribution >= 4 is 17.9 Å². The highest BCUT2D eigenvalue weighted by molar-refractivity contribution is 6.31. The maximum atomic E-state index is 10.5. The number of carbonyl (C=O) groups excluding carboxylic acids is 1. The van der Waals surface area contributed by atoms with Gasteiger partial charge in [-0.3, -0.25) is 4.79 Å². The van der Waals surface area contributed by atoms with E-state index in [4.69, 9.17) is 16.3 Å². The van der Waals surface area contributed by atoms with E-state index in [1.807, 2.05) is 13.0 Å². The summed E-state index contributed by atoms with van der Waals surface area (Å²) in [6.45, 7) is 1.90. The fraction of sp³-hybridized carbons (Fsp3) is 0.0769. The van der Waals surface area contributed by atoms with Crippen molar-refractivity contribution in [1.29, 1.82) is 0 Å². The number of hydrogen-bond acceptors (Lipinski definition) is 3. The molecular formula is C13H10ClNO2. The number of rotatable bonds is 3. The first kappa shape index (κ1) is 11.6. The van der Waals surface area contributed by atoms with Gasteiger partial charge in [0, 0.05) is 22.8 Å². The first-order valence-electron chi connectivity index (χ1n) is 5.04. The molecule has 0 fully saturated rings. The Morgan fingerprint density at radius 1 is 1.29 bits per heavy atom. The lowest BCUT2D eigenvalue weighted by Crippen LogP contribution is -1.89. The zero-order valence-corrected chi connectivity index (χ0v) is 9.94. The van der Waals surface area contributed by atoms with Gasteiger partial charge in [0.15, 0.2) is 6.29 Å². The quantitative estimate of drug-likeness (QED) is 0.777. The van der Waals surface area contributed by atoms with Crippen molar-refractivity contribution in [2.45, 2.75) is 6.92 Å². The van der Waals surface area contributed by atoms with E-state index in [1.54, 1.807) is 24.3 Å². The Balaban J connectivity index is 2.19. The van der Waals surface area contributed by atoms with Crippen LogP contribution >= 0.6 is 11.6 Å². The number of hydrogen-bond donors (Lipinski definition) is 0. The second kappa shape index (κ2) is 4.97. The molecule has 0 amide bonds. The standard InChI is InChI=1S/C13H10ClNO2/c1-9-6-11(3-4-12(9)14)17-13-5-2-10(8-16)7-15-13/h2-8H,1H3. The number of halogens is 1. The third-order valence-electron chi connectivity index (χ3n) is 2.25. The van der Waals surface area contributed by atoms with Gasteiger partial charge in [-0.15, -0.1) is 0 Å². The van der Waals surface area contributed by atoms with Gasteiger partial charge in [0.05, 0.1) is 0 Å². The van der Waals surface area contributed by atoms with Gasteiger partial charge in [-0.1, -0.05) is 11.6 Å². The van der Waals surface area contributed by atoms with Crippen molar-refractivity contribution in [3.63, 3.8) is 0 Å². The molecule has 3 nitrogen and oxygen atoms in total. The summed E-state index contributed by atoms with van der Waals surface area (Å²) in [5.41, 5.74) is 1.46. The van der Waals surface area contributed by atoms with Crippen LogP contribution in [0.4, 0.5) is 0 Å². The lowest BCUT2D eigenvalue weighted by molar-refractivity contribution is 0.112. The van der Waals surface area contributed by atoms with Gasteiger partial charge in [0.1, 0.15) is 5.75 Å². The second-order valence-corrected chi connectivity index (χ2v) is 3.97. The minimum atomic E-state index is 0.442. The summed E-state index contributed by atoms with van der Waals surface area (Å²) in [5, 5.41) is 0.696. The number of ether oxygens (including phenoxy) is 1. The van der Waals surface area contributed by atoms with Gasteiger partial charge in [0.2, 0.25) is 5.88 Å². The van der Waals surface area contributed by atoms with E-state index in [9.17, 15) is 4.79 Å². The van der Waals surface area contributed by atoms with E-state index in [0.29, 0.717) is 22.2 Å². The molecule has 17 heavy (non-hydrogen) atoms. The topological polar surface area (TPSA) is 39.2 Å². The van der Waals surface area contributed by atoms with Crippen LogP contribution in [0.3, 0.4) is 0 Å². The largest absolute Gasteiger partial charge is 0.439 e. The molecule has 1 heterocycles. The normalized spacial score (nSPS) is 10.0. The third-order valence-corrected chi connectivity index (χ3v) is 2.67. The summed E-state index contributed by atoms with van der Waals surface area (Å²) in [7, 11) is 0. The monoisotopic (exact) mass is 247 g/mol. The van der Waals surface area contributed by atoms with Crippen LogP contribution in [0.2, 0.25) is 5.02 Å². The molecule has 0 spiro atoms. The van der Waals surface area contributed by atoms with Gasteiger partial charge in [0.25, 0.3) is 0 Å². The van der Waals surface area contributed by atoms with Crippen molar-refractivity contribution in [2.24, 2.45) is 0 Å². The van der Waals surface area contributed by atoms with Crippen molar-refractivity contribution < 1.29 is 9.53 Å². The Bertz CT molecular complexity index is 538. The Morgan fingerprint density at radius 2 is 2.12 bits per heavy atom. The van der Waals surface area contributed by atoms with Crippen LogP contribution in [0.25, 0.3) is 0 Å². The van der Waals surface area contributed by atoms with E-state index < -0.39 is 0 Å². The summed E-state index contributed by atoms with van der Waals surface area (Å²) < 4.78 is 5.53. The first-order chi connectivity index (χ1) is 8.19. The predicted molar refractivity (Wildman–Crippen MR) is 65.9 cm³/mol. The van der Waals surface area contributed by atoms with Crippen molar-refractivity contribution in [2.75, 3.05) is 0 Å². The number of pyridine rings is 1. The van der Waals surface area contributed by atoms with Crippen LogP contribution in [0.15, 0.2) is 36.5 Å². The Labute approximate surface area is 104 Å². The highest BCUT2D eigenvalue weighted by Gasteiger charge is 2.01. The van der Waals surface area contributed by atoms with E-state index in [-0.39, 0.29) is 0 Å². The zero-order valence-electron chi connectivity index (χ0n) is 9.18. The van der Waals surface area contributed by atoms with Crippen LogP contribution in [0, 0.1) is 6.92 Å². The van der Waals surface area contributed by atoms with Crippen molar-refractivity contribution in [3.8, 4) is 11.6 Å². The zero-order chi connectivity index (χ0) is 12.3. The molecule has 4 heteroatoms. The molecule has 1 aromatic heterocycles. The molecule has 2 aromatic rings. The Morgan fingerprint density at radius 3 is 2.71 bits per heavy atom. The van der Waals surface area contributed by atoms with E-state index in [2.05, 4.69) is 4.98 Å². The van der Waals surface area contributed by atoms with Crippen LogP contribution in [-0.2, 0) is 0 Å². The van der Waals surface area contributed by atoms with Gasteiger partial charge in [-0.2, -0.15) is 0 Å². The SMILES string of the molecule is Cc1cc(Oc2ccc(C=O)cn2)ccc1Cl. The van der Waals surface area contributed by atoms with Crippen LogP contribution in [0.1, 0.15) is 15.9 Å². The highest BCUT2D eigenvalue weighted by atomic mass is 35.5. The first-order valence-corrected chi connectivity index (χ1v) is 5.42. The minimum absolute atomic E-state index is 0.442. The average Bonchev–Trinajstić information content (AvgIpc) is 2.35. The Hall–Kier alpha value is -1.87. The van der Waals surface area contributed by atoms with Gasteiger partial charge in [-0.05, 0) is 36.8 Å². The predicted octanol–water partition coefficient (Wildman–Crippen LogP) is 3.65. The molecule has 0 atom stereocenters. The van der Waals surface area contributed by atoms with Crippen LogP contribution in [0.5, 0.6) is 11.6 Å². The summed E-state index contributed by atoms with van der Waals surface area (Å²) in [6, 6.07) is 8.67. The van der Waals surface area contributed by atoms with Crippen molar-refractivity contribution in [1.82, 2.24) is 4.98 Å². The van der Waals surface area contributed by atoms with Crippen LogP contribution < -0.4 is 4.74 Å². The molecule has 0 aliphatic carbocycles. The third kappa shape index (κ3) is 2.82. The highest BCUT2D eigenvalue weighted by Crippen LogP contribution is 2.24. The maximum Gasteiger partial charge on any atom is 0.219 e. The molecule has 86 valence electrons. The minimum Gasteiger partial charge on any atom is -0.439 e. The molecule has 0 bridgehead atoms. The fourth-order valence-electron chi connectivity index (χ4n) is 1.32. The van der Waals surface area contributed by atoms with E-state index in [1.165, 1.54) is 6.20 Å². The fourth-order valence-corrected chi connectivity index (χ4v) is 1.44. The van der Waals surface area contributed by atoms with Crippen molar-refractivity contribution in [3.05, 3.63) is 52.7 Å². The summed E-state index contributed by atoms with van der Waals surface area (Å²) in [6.07, 6.45) is 2.20. The smallest absolute Gasteiger partial charge is 0.219 e. The second-order valence-electron chi connectivity index (χ2n) is 3.56. The molecule has 0 aliphatic heterocycles. The van der Waals surface area contributed by atoms with Gasteiger partial charge < -0.3 is 4.74 Å².